The molecule has 122 valence electrons. The minimum atomic E-state index is -0.399. The fraction of sp³-hybridized carbons (Fsp3) is 0.444. The second-order valence-corrected chi connectivity index (χ2v) is 6.04. The summed E-state index contributed by atoms with van der Waals surface area (Å²) >= 11 is 0. The number of hydrogen-bond donors (Lipinski definition) is 0. The van der Waals surface area contributed by atoms with Gasteiger partial charge in [0.2, 0.25) is 0 Å². The summed E-state index contributed by atoms with van der Waals surface area (Å²) in [6.07, 6.45) is 2.90. The first-order chi connectivity index (χ1) is 11.1. The third kappa shape index (κ3) is 2.50. The summed E-state index contributed by atoms with van der Waals surface area (Å²) in [4.78, 5) is 26.8. The zero-order chi connectivity index (χ0) is 16.6. The van der Waals surface area contributed by atoms with Crippen LogP contribution in [0, 0.1) is 0 Å². The van der Waals surface area contributed by atoms with E-state index in [0.717, 1.165) is 24.1 Å². The van der Waals surface area contributed by atoms with Crippen molar-refractivity contribution in [3.05, 3.63) is 51.5 Å². The van der Waals surface area contributed by atoms with Gasteiger partial charge in [0, 0.05) is 11.7 Å². The summed E-state index contributed by atoms with van der Waals surface area (Å²) in [5.41, 5.74) is 2.98. The van der Waals surface area contributed by atoms with Crippen LogP contribution in [0.1, 0.15) is 44.0 Å². The number of para-hydroxylation sites is 1. The minimum absolute atomic E-state index is 0.0483. The van der Waals surface area contributed by atoms with Gasteiger partial charge in [0.1, 0.15) is 0 Å². The molecular formula is C18H22N2O3. The molecule has 1 amide bonds. The van der Waals surface area contributed by atoms with Crippen molar-refractivity contribution in [3.8, 4) is 0 Å². The highest BCUT2D eigenvalue weighted by atomic mass is 16.5. The number of benzene rings is 1. The highest BCUT2D eigenvalue weighted by Crippen LogP contribution is 2.32. The van der Waals surface area contributed by atoms with E-state index in [9.17, 15) is 9.59 Å². The fourth-order valence-electron chi connectivity index (χ4n) is 3.38. The lowest BCUT2D eigenvalue weighted by Gasteiger charge is -2.22. The van der Waals surface area contributed by atoms with E-state index in [2.05, 4.69) is 0 Å². The molecule has 0 bridgehead atoms. The van der Waals surface area contributed by atoms with Crippen LogP contribution in [-0.4, -0.2) is 16.8 Å². The molecule has 1 aromatic heterocycles. The standard InChI is InChI=1S/C18H22N2O3/c1-4-8-16-14(5-2)17(21)23-20(16)18(22)19-12(3)11-13-9-6-7-10-15(13)19/h6-7,9-10,12H,4-5,8,11H2,1-3H3. The average molecular weight is 314 g/mol. The molecule has 0 radical (unpaired) electrons. The van der Waals surface area contributed by atoms with Crippen molar-refractivity contribution >= 4 is 11.7 Å². The SMILES string of the molecule is CCCc1c(CC)c(=O)on1C(=O)N1c2ccccc2CC1C. The van der Waals surface area contributed by atoms with Crippen LogP contribution in [0.15, 0.2) is 33.6 Å². The van der Waals surface area contributed by atoms with E-state index in [0.29, 0.717) is 24.1 Å². The van der Waals surface area contributed by atoms with Gasteiger partial charge in [-0.3, -0.25) is 4.90 Å². The van der Waals surface area contributed by atoms with Crippen molar-refractivity contribution in [2.45, 2.75) is 52.5 Å². The number of hydrogen-bond acceptors (Lipinski definition) is 3. The molecule has 5 heteroatoms. The molecule has 1 aliphatic rings. The molecule has 0 aliphatic carbocycles. The lowest BCUT2D eigenvalue weighted by molar-refractivity contribution is 0.209. The first kappa shape index (κ1) is 15.6. The first-order valence-corrected chi connectivity index (χ1v) is 8.24. The van der Waals surface area contributed by atoms with Crippen molar-refractivity contribution in [3.63, 3.8) is 0 Å². The number of anilines is 1. The van der Waals surface area contributed by atoms with Crippen molar-refractivity contribution in [1.29, 1.82) is 0 Å². The van der Waals surface area contributed by atoms with Gasteiger partial charge in [-0.1, -0.05) is 38.5 Å². The summed E-state index contributed by atoms with van der Waals surface area (Å²) in [6.45, 7) is 5.95. The molecule has 23 heavy (non-hydrogen) atoms. The Hall–Kier alpha value is -2.30. The van der Waals surface area contributed by atoms with Gasteiger partial charge in [0.05, 0.1) is 11.3 Å². The molecule has 0 N–H and O–H groups in total. The number of fused-ring (bicyclic) bond motifs is 1. The third-order valence-corrected chi connectivity index (χ3v) is 4.44. The Bertz CT molecular complexity index is 788. The number of carbonyl (C=O) groups is 1. The number of aromatic nitrogens is 1. The zero-order valence-electron chi connectivity index (χ0n) is 13.8. The lowest BCUT2D eigenvalue weighted by atomic mass is 10.1. The predicted octanol–water partition coefficient (Wildman–Crippen LogP) is 3.38. The second-order valence-electron chi connectivity index (χ2n) is 6.04. The Labute approximate surface area is 135 Å². The van der Waals surface area contributed by atoms with E-state index in [1.807, 2.05) is 45.0 Å². The van der Waals surface area contributed by atoms with Crippen LogP contribution in [0.25, 0.3) is 0 Å². The summed E-state index contributed by atoms with van der Waals surface area (Å²) in [6, 6.07) is 7.66. The van der Waals surface area contributed by atoms with Crippen LogP contribution in [-0.2, 0) is 19.3 Å². The summed E-state index contributed by atoms with van der Waals surface area (Å²) < 4.78 is 6.51. The maximum atomic E-state index is 13.1. The van der Waals surface area contributed by atoms with Crippen molar-refractivity contribution in [2.75, 3.05) is 4.90 Å². The molecule has 1 unspecified atom stereocenters. The predicted molar refractivity (Wildman–Crippen MR) is 89.2 cm³/mol. The zero-order valence-corrected chi connectivity index (χ0v) is 13.8. The molecule has 0 saturated carbocycles. The first-order valence-electron chi connectivity index (χ1n) is 8.24. The maximum absolute atomic E-state index is 13.1. The minimum Gasteiger partial charge on any atom is -0.327 e. The third-order valence-electron chi connectivity index (χ3n) is 4.44. The second kappa shape index (κ2) is 6.07. The van der Waals surface area contributed by atoms with Crippen LogP contribution in [0.3, 0.4) is 0 Å². The lowest BCUT2D eigenvalue weighted by Crippen LogP contribution is -2.39. The quantitative estimate of drug-likeness (QED) is 0.872. The Morgan fingerprint density at radius 1 is 1.30 bits per heavy atom. The number of nitrogens with zero attached hydrogens (tertiary/aromatic N) is 2. The van der Waals surface area contributed by atoms with Gasteiger partial charge in [-0.2, -0.15) is 0 Å². The Balaban J connectivity index is 2.06. The Morgan fingerprint density at radius 3 is 2.74 bits per heavy atom. The van der Waals surface area contributed by atoms with E-state index in [1.54, 1.807) is 4.90 Å². The van der Waals surface area contributed by atoms with Crippen molar-refractivity contribution in [1.82, 2.24) is 4.74 Å². The molecule has 0 saturated heterocycles. The highest BCUT2D eigenvalue weighted by Gasteiger charge is 2.34. The average Bonchev–Trinajstić information content (AvgIpc) is 3.03. The summed E-state index contributed by atoms with van der Waals surface area (Å²) in [5.74, 6) is 0. The smallest absolute Gasteiger partial charge is 0.327 e. The van der Waals surface area contributed by atoms with E-state index in [4.69, 9.17) is 4.52 Å². The molecule has 2 aromatic rings. The molecule has 1 aliphatic heterocycles. The Kier molecular flexibility index (Phi) is 4.11. The van der Waals surface area contributed by atoms with Gasteiger partial charge >= 0.3 is 11.7 Å². The van der Waals surface area contributed by atoms with Gasteiger partial charge in [0.15, 0.2) is 0 Å². The molecule has 1 aromatic carbocycles. The number of rotatable bonds is 3. The summed E-state index contributed by atoms with van der Waals surface area (Å²) in [5, 5.41) is 0. The van der Waals surface area contributed by atoms with E-state index in [-0.39, 0.29) is 12.1 Å². The van der Waals surface area contributed by atoms with E-state index < -0.39 is 5.63 Å². The maximum Gasteiger partial charge on any atom is 0.362 e. The molecule has 5 nitrogen and oxygen atoms in total. The molecule has 0 fully saturated rings. The van der Waals surface area contributed by atoms with Crippen molar-refractivity contribution in [2.24, 2.45) is 0 Å². The monoisotopic (exact) mass is 314 g/mol. The number of carbonyl (C=O) groups excluding carboxylic acids is 1. The van der Waals surface area contributed by atoms with Crippen LogP contribution in [0.4, 0.5) is 10.5 Å². The van der Waals surface area contributed by atoms with Crippen LogP contribution < -0.4 is 10.5 Å². The van der Waals surface area contributed by atoms with Gasteiger partial charge < -0.3 is 4.52 Å². The molecule has 1 atom stereocenters. The van der Waals surface area contributed by atoms with Crippen LogP contribution in [0.2, 0.25) is 0 Å². The highest BCUT2D eigenvalue weighted by molar-refractivity contribution is 5.96. The van der Waals surface area contributed by atoms with E-state index in [1.165, 1.54) is 4.74 Å². The topological polar surface area (TPSA) is 55.5 Å². The fourth-order valence-corrected chi connectivity index (χ4v) is 3.38. The van der Waals surface area contributed by atoms with Crippen molar-refractivity contribution < 1.29 is 9.32 Å². The summed E-state index contributed by atoms with van der Waals surface area (Å²) in [7, 11) is 0. The Morgan fingerprint density at radius 2 is 2.04 bits per heavy atom. The normalized spacial score (nSPS) is 16.7. The molecule has 0 spiro atoms. The number of amides is 1. The van der Waals surface area contributed by atoms with Gasteiger partial charge in [-0.25, -0.2) is 9.59 Å². The molecular weight excluding hydrogens is 292 g/mol. The van der Waals surface area contributed by atoms with Crippen LogP contribution >= 0.6 is 0 Å². The largest absolute Gasteiger partial charge is 0.362 e. The molecule has 3 rings (SSSR count). The van der Waals surface area contributed by atoms with Gasteiger partial charge in [0.25, 0.3) is 0 Å². The van der Waals surface area contributed by atoms with Gasteiger partial charge in [-0.15, -0.1) is 4.74 Å². The van der Waals surface area contributed by atoms with Crippen LogP contribution in [0.5, 0.6) is 0 Å². The van der Waals surface area contributed by atoms with Gasteiger partial charge in [-0.05, 0) is 37.8 Å². The van der Waals surface area contributed by atoms with E-state index >= 15 is 0 Å². The molecule has 2 heterocycles.